The molecule has 6 heteroatoms. The van der Waals surface area contributed by atoms with Crippen molar-refractivity contribution in [2.75, 3.05) is 11.6 Å². The number of aliphatic carboxylic acids is 1. The van der Waals surface area contributed by atoms with Crippen LogP contribution in [0.2, 0.25) is 0 Å². The largest absolute Gasteiger partial charge is 0.480 e. The van der Waals surface area contributed by atoms with Gasteiger partial charge < -0.3 is 5.11 Å². The summed E-state index contributed by atoms with van der Waals surface area (Å²) < 4.78 is 0. The zero-order chi connectivity index (χ0) is 16.1. The highest BCUT2D eigenvalue weighted by atomic mass is 16.4. The number of benzene rings is 2. The van der Waals surface area contributed by atoms with E-state index >= 15 is 0 Å². The Kier molecular flexibility index (Phi) is 4.63. The van der Waals surface area contributed by atoms with Crippen molar-refractivity contribution in [1.29, 1.82) is 0 Å². The summed E-state index contributed by atoms with van der Waals surface area (Å²) in [6.07, 6.45) is 0. The minimum absolute atomic E-state index is 0.143. The van der Waals surface area contributed by atoms with E-state index in [9.17, 15) is 14.5 Å². The maximum Gasteiger partial charge on any atom is 0.325 e. The summed E-state index contributed by atoms with van der Waals surface area (Å²) in [7, 11) is 0. The van der Waals surface area contributed by atoms with Gasteiger partial charge in [-0.2, -0.15) is 0 Å². The van der Waals surface area contributed by atoms with Gasteiger partial charge in [0.25, 0.3) is 0 Å². The van der Waals surface area contributed by atoms with Gasteiger partial charge in [0, 0.05) is 11.1 Å². The van der Waals surface area contributed by atoms with Gasteiger partial charge >= 0.3 is 5.97 Å². The standard InChI is InChI=1S/C16H14N2O4/c1-11-2-4-12(5-3-11)16(21)13-6-8-14(9-7-13)18(17-22)10-15(19)20/h2-9H,10H2,1H3,(H,19,20). The van der Waals surface area contributed by atoms with E-state index in [0.717, 1.165) is 10.6 Å². The molecule has 1 N–H and O–H groups in total. The van der Waals surface area contributed by atoms with Gasteiger partial charge in [0.1, 0.15) is 6.54 Å². The number of rotatable bonds is 6. The summed E-state index contributed by atoms with van der Waals surface area (Å²) in [5.41, 5.74) is 2.40. The Labute approximate surface area is 126 Å². The SMILES string of the molecule is Cc1ccc(C(=O)c2ccc(N(CC(=O)O)N=O)cc2)cc1. The number of ketones is 1. The van der Waals surface area contributed by atoms with E-state index in [-0.39, 0.29) is 5.78 Å². The van der Waals surface area contributed by atoms with E-state index in [2.05, 4.69) is 5.29 Å². The average Bonchev–Trinajstić information content (AvgIpc) is 2.52. The Bertz CT molecular complexity index is 693. The number of hydrogen-bond donors (Lipinski definition) is 1. The van der Waals surface area contributed by atoms with Crippen molar-refractivity contribution >= 4 is 17.4 Å². The van der Waals surface area contributed by atoms with Crippen molar-refractivity contribution in [3.05, 3.63) is 70.1 Å². The Balaban J connectivity index is 2.20. The van der Waals surface area contributed by atoms with Gasteiger partial charge in [-0.15, -0.1) is 4.91 Å². The predicted molar refractivity (Wildman–Crippen MR) is 81.8 cm³/mol. The summed E-state index contributed by atoms with van der Waals surface area (Å²) in [5.74, 6) is -1.31. The van der Waals surface area contributed by atoms with Crippen LogP contribution in [0.3, 0.4) is 0 Å². The highest BCUT2D eigenvalue weighted by Gasteiger charge is 2.13. The zero-order valence-corrected chi connectivity index (χ0v) is 11.9. The minimum atomic E-state index is -1.17. The molecule has 2 rings (SSSR count). The fraction of sp³-hybridized carbons (Fsp3) is 0.125. The van der Waals surface area contributed by atoms with Crippen LogP contribution in [0.1, 0.15) is 21.5 Å². The third-order valence-corrected chi connectivity index (χ3v) is 3.12. The lowest BCUT2D eigenvalue weighted by atomic mass is 10.0. The van der Waals surface area contributed by atoms with Gasteiger partial charge in [0.15, 0.2) is 5.78 Å². The molecule has 0 amide bonds. The van der Waals surface area contributed by atoms with Crippen LogP contribution >= 0.6 is 0 Å². The molecule has 0 unspecified atom stereocenters. The molecule has 112 valence electrons. The molecule has 2 aromatic rings. The molecule has 0 aliphatic heterocycles. The van der Waals surface area contributed by atoms with Gasteiger partial charge in [0.05, 0.1) is 11.0 Å². The van der Waals surface area contributed by atoms with Crippen molar-refractivity contribution in [1.82, 2.24) is 0 Å². The summed E-state index contributed by atoms with van der Waals surface area (Å²) in [5, 5.41) is 12.2. The van der Waals surface area contributed by atoms with Gasteiger partial charge in [-0.05, 0) is 31.2 Å². The van der Waals surface area contributed by atoms with Crippen LogP contribution in [0.15, 0.2) is 53.8 Å². The number of hydrogen-bond acceptors (Lipinski definition) is 4. The van der Waals surface area contributed by atoms with Gasteiger partial charge in [0.2, 0.25) is 0 Å². The first-order valence-electron chi connectivity index (χ1n) is 6.55. The van der Waals surface area contributed by atoms with Gasteiger partial charge in [-0.3, -0.25) is 9.59 Å². The lowest BCUT2D eigenvalue weighted by molar-refractivity contribution is -0.135. The van der Waals surface area contributed by atoms with E-state index in [1.54, 1.807) is 12.1 Å². The second-order valence-corrected chi connectivity index (χ2v) is 4.78. The average molecular weight is 298 g/mol. The number of nitroso groups, excluding NO2 is 1. The van der Waals surface area contributed by atoms with E-state index in [0.29, 0.717) is 16.8 Å². The zero-order valence-electron chi connectivity index (χ0n) is 11.9. The molecule has 0 aliphatic carbocycles. The molecule has 0 spiro atoms. The van der Waals surface area contributed by atoms with Crippen molar-refractivity contribution in [2.45, 2.75) is 6.92 Å². The van der Waals surface area contributed by atoms with Crippen LogP contribution in [0.4, 0.5) is 5.69 Å². The molecule has 0 fully saturated rings. The van der Waals surface area contributed by atoms with E-state index in [1.807, 2.05) is 19.1 Å². The number of nitrogens with zero attached hydrogens (tertiary/aromatic N) is 2. The fourth-order valence-electron chi connectivity index (χ4n) is 1.95. The van der Waals surface area contributed by atoms with Crippen LogP contribution in [0.5, 0.6) is 0 Å². The van der Waals surface area contributed by atoms with Crippen molar-refractivity contribution in [3.8, 4) is 0 Å². The topological polar surface area (TPSA) is 87.0 Å². The lowest BCUT2D eigenvalue weighted by Gasteiger charge is -2.12. The van der Waals surface area contributed by atoms with Crippen LogP contribution in [0, 0.1) is 11.8 Å². The molecule has 2 aromatic carbocycles. The van der Waals surface area contributed by atoms with E-state index < -0.39 is 12.5 Å². The molecule has 0 saturated carbocycles. The molecule has 22 heavy (non-hydrogen) atoms. The maximum absolute atomic E-state index is 12.3. The Hall–Kier alpha value is -3.02. The molecule has 0 bridgehead atoms. The Morgan fingerprint density at radius 1 is 1.00 bits per heavy atom. The first-order valence-corrected chi connectivity index (χ1v) is 6.55. The summed E-state index contributed by atoms with van der Waals surface area (Å²) in [4.78, 5) is 33.6. The molecule has 0 atom stereocenters. The highest BCUT2D eigenvalue weighted by molar-refractivity contribution is 6.09. The quantitative estimate of drug-likeness (QED) is 0.503. The third-order valence-electron chi connectivity index (χ3n) is 3.12. The van der Waals surface area contributed by atoms with Crippen LogP contribution in [-0.4, -0.2) is 23.4 Å². The monoisotopic (exact) mass is 298 g/mol. The molecule has 0 saturated heterocycles. The van der Waals surface area contributed by atoms with E-state index in [4.69, 9.17) is 5.11 Å². The summed E-state index contributed by atoms with van der Waals surface area (Å²) >= 11 is 0. The first kappa shape index (κ1) is 15.4. The molecular formula is C16H14N2O4. The van der Waals surface area contributed by atoms with E-state index in [1.165, 1.54) is 24.3 Å². The van der Waals surface area contributed by atoms with Crippen molar-refractivity contribution < 1.29 is 14.7 Å². The van der Waals surface area contributed by atoms with Crippen LogP contribution < -0.4 is 5.01 Å². The molecule has 0 aromatic heterocycles. The third kappa shape index (κ3) is 3.54. The number of carbonyl (C=O) groups is 2. The number of carboxylic acids is 1. The fourth-order valence-corrected chi connectivity index (χ4v) is 1.95. The second-order valence-electron chi connectivity index (χ2n) is 4.78. The number of carbonyl (C=O) groups excluding carboxylic acids is 1. The number of aryl methyl sites for hydroxylation is 1. The number of carboxylic acid groups (broad SMARTS) is 1. The highest BCUT2D eigenvalue weighted by Crippen LogP contribution is 2.18. The minimum Gasteiger partial charge on any atom is -0.480 e. The molecule has 0 heterocycles. The Morgan fingerprint density at radius 2 is 1.50 bits per heavy atom. The first-order chi connectivity index (χ1) is 10.5. The summed E-state index contributed by atoms with van der Waals surface area (Å²) in [6, 6.07) is 13.3. The normalized spacial score (nSPS) is 10.0. The number of anilines is 1. The van der Waals surface area contributed by atoms with Gasteiger partial charge in [-0.1, -0.05) is 29.8 Å². The van der Waals surface area contributed by atoms with Gasteiger partial charge in [-0.25, -0.2) is 5.01 Å². The second kappa shape index (κ2) is 6.62. The van der Waals surface area contributed by atoms with Crippen LogP contribution in [-0.2, 0) is 4.79 Å². The lowest BCUT2D eigenvalue weighted by Crippen LogP contribution is -2.23. The molecule has 6 nitrogen and oxygen atoms in total. The van der Waals surface area contributed by atoms with Crippen molar-refractivity contribution in [2.24, 2.45) is 5.29 Å². The molecular weight excluding hydrogens is 284 g/mol. The predicted octanol–water partition coefficient (Wildman–Crippen LogP) is 2.80. The van der Waals surface area contributed by atoms with Crippen molar-refractivity contribution in [3.63, 3.8) is 0 Å². The molecule has 0 aliphatic rings. The Morgan fingerprint density at radius 3 is 1.95 bits per heavy atom. The molecule has 0 radical (unpaired) electrons. The smallest absolute Gasteiger partial charge is 0.325 e. The summed E-state index contributed by atoms with van der Waals surface area (Å²) in [6.45, 7) is 1.40. The van der Waals surface area contributed by atoms with Crippen LogP contribution in [0.25, 0.3) is 0 Å². The maximum atomic E-state index is 12.3.